The van der Waals surface area contributed by atoms with Gasteiger partial charge in [0.05, 0.1) is 13.2 Å². The molecular weight excluding hydrogens is 391 g/mol. The summed E-state index contributed by atoms with van der Waals surface area (Å²) in [5.74, 6) is 0.159. The standard InChI is InChI=1S/C26H25FN2O2/c1-4-31-25-13-19(10-11-22(25)18-6-5-7-21(27)12-18)26(30)29(3)16-20-9-8-17(2)23-14-28-15-24(20)23/h5-14H,4,15-16H2,1-3H3. The second-order valence-corrected chi connectivity index (χ2v) is 7.72. The number of rotatable bonds is 6. The number of nitrogens with zero attached hydrogens (tertiary/aromatic N) is 2. The maximum atomic E-state index is 13.7. The molecule has 1 aliphatic heterocycles. The molecule has 1 amide bonds. The molecular formula is C26H25FN2O2. The highest BCUT2D eigenvalue weighted by Crippen LogP contribution is 2.32. The minimum Gasteiger partial charge on any atom is -0.493 e. The van der Waals surface area contributed by atoms with Crippen molar-refractivity contribution in [3.8, 4) is 16.9 Å². The highest BCUT2D eigenvalue weighted by atomic mass is 19.1. The first kappa shape index (κ1) is 20.8. The Morgan fingerprint density at radius 3 is 2.77 bits per heavy atom. The fourth-order valence-electron chi connectivity index (χ4n) is 3.94. The molecule has 3 aromatic rings. The monoisotopic (exact) mass is 416 g/mol. The van der Waals surface area contributed by atoms with Gasteiger partial charge >= 0.3 is 0 Å². The quantitative estimate of drug-likeness (QED) is 0.540. The topological polar surface area (TPSA) is 41.9 Å². The first-order chi connectivity index (χ1) is 15.0. The maximum absolute atomic E-state index is 13.7. The van der Waals surface area contributed by atoms with Crippen molar-refractivity contribution in [3.05, 3.63) is 88.2 Å². The SMILES string of the molecule is CCOc1cc(C(=O)N(C)Cc2ccc(C)c3c2CN=C3)ccc1-c1cccc(F)c1. The van der Waals surface area contributed by atoms with Crippen molar-refractivity contribution in [1.29, 1.82) is 0 Å². The summed E-state index contributed by atoms with van der Waals surface area (Å²) in [6.45, 7) is 5.57. The lowest BCUT2D eigenvalue weighted by molar-refractivity contribution is 0.0784. The largest absolute Gasteiger partial charge is 0.493 e. The van der Waals surface area contributed by atoms with Crippen LogP contribution in [0.2, 0.25) is 0 Å². The smallest absolute Gasteiger partial charge is 0.254 e. The summed E-state index contributed by atoms with van der Waals surface area (Å²) in [5, 5.41) is 0. The van der Waals surface area contributed by atoms with Crippen molar-refractivity contribution in [2.24, 2.45) is 4.99 Å². The lowest BCUT2D eigenvalue weighted by Crippen LogP contribution is -2.26. The summed E-state index contributed by atoms with van der Waals surface area (Å²) in [7, 11) is 1.80. The normalized spacial score (nSPS) is 12.0. The molecule has 158 valence electrons. The molecule has 0 N–H and O–H groups in total. The van der Waals surface area contributed by atoms with Gasteiger partial charge < -0.3 is 9.64 Å². The minimum absolute atomic E-state index is 0.0972. The van der Waals surface area contributed by atoms with Crippen LogP contribution >= 0.6 is 0 Å². The van der Waals surface area contributed by atoms with Crippen LogP contribution in [-0.4, -0.2) is 30.7 Å². The van der Waals surface area contributed by atoms with Crippen molar-refractivity contribution in [3.63, 3.8) is 0 Å². The number of carbonyl (C=O) groups excluding carboxylic acids is 1. The molecule has 0 unspecified atom stereocenters. The average Bonchev–Trinajstić information content (AvgIpc) is 3.26. The first-order valence-corrected chi connectivity index (χ1v) is 10.4. The molecule has 1 aliphatic rings. The highest BCUT2D eigenvalue weighted by Gasteiger charge is 2.19. The van der Waals surface area contributed by atoms with Crippen LogP contribution < -0.4 is 4.74 Å². The Hall–Kier alpha value is -3.47. The van der Waals surface area contributed by atoms with E-state index in [1.165, 1.54) is 23.3 Å². The summed E-state index contributed by atoms with van der Waals surface area (Å²) >= 11 is 0. The second-order valence-electron chi connectivity index (χ2n) is 7.72. The molecule has 0 radical (unpaired) electrons. The van der Waals surface area contributed by atoms with Gasteiger partial charge in [0, 0.05) is 36.5 Å². The molecule has 4 rings (SSSR count). The highest BCUT2D eigenvalue weighted by molar-refractivity contribution is 5.95. The van der Waals surface area contributed by atoms with Gasteiger partial charge in [-0.25, -0.2) is 4.39 Å². The maximum Gasteiger partial charge on any atom is 0.254 e. The molecule has 0 fully saturated rings. The van der Waals surface area contributed by atoms with E-state index in [0.29, 0.717) is 36.6 Å². The fraction of sp³-hybridized carbons (Fsp3) is 0.231. The summed E-state index contributed by atoms with van der Waals surface area (Å²) < 4.78 is 19.5. The molecule has 0 bridgehead atoms. The van der Waals surface area contributed by atoms with Crippen LogP contribution in [0.1, 0.15) is 39.5 Å². The van der Waals surface area contributed by atoms with Crippen LogP contribution in [0, 0.1) is 12.7 Å². The lowest BCUT2D eigenvalue weighted by Gasteiger charge is -2.20. The van der Waals surface area contributed by atoms with Crippen LogP contribution in [0.3, 0.4) is 0 Å². The summed E-state index contributed by atoms with van der Waals surface area (Å²) in [4.78, 5) is 19.2. The third-order valence-electron chi connectivity index (χ3n) is 5.56. The summed E-state index contributed by atoms with van der Waals surface area (Å²) in [6, 6.07) is 15.8. The van der Waals surface area contributed by atoms with Crippen molar-refractivity contribution < 1.29 is 13.9 Å². The predicted molar refractivity (Wildman–Crippen MR) is 121 cm³/mol. The summed E-state index contributed by atoms with van der Waals surface area (Å²) in [6.07, 6.45) is 1.91. The molecule has 5 heteroatoms. The van der Waals surface area contributed by atoms with Gasteiger partial charge in [0.2, 0.25) is 0 Å². The average molecular weight is 416 g/mol. The van der Waals surface area contributed by atoms with Gasteiger partial charge in [-0.15, -0.1) is 0 Å². The van der Waals surface area contributed by atoms with Crippen LogP contribution in [-0.2, 0) is 13.1 Å². The molecule has 3 aromatic carbocycles. The molecule has 1 heterocycles. The Labute approximate surface area is 182 Å². The van der Waals surface area contributed by atoms with Crippen LogP contribution in [0.5, 0.6) is 5.75 Å². The Bertz CT molecular complexity index is 1170. The Balaban J connectivity index is 1.60. The van der Waals surface area contributed by atoms with E-state index in [4.69, 9.17) is 4.74 Å². The number of ether oxygens (including phenoxy) is 1. The molecule has 31 heavy (non-hydrogen) atoms. The molecule has 0 saturated carbocycles. The summed E-state index contributed by atoms with van der Waals surface area (Å²) in [5.41, 5.74) is 6.66. The number of carbonyl (C=O) groups is 1. The zero-order valence-corrected chi connectivity index (χ0v) is 18.0. The Morgan fingerprint density at radius 2 is 2.00 bits per heavy atom. The number of aliphatic imine (C=N–C) groups is 1. The van der Waals surface area contributed by atoms with Crippen molar-refractivity contribution in [1.82, 2.24) is 4.90 Å². The van der Waals surface area contributed by atoms with E-state index in [-0.39, 0.29) is 11.7 Å². The van der Waals surface area contributed by atoms with E-state index in [0.717, 1.165) is 16.7 Å². The van der Waals surface area contributed by atoms with Crippen LogP contribution in [0.25, 0.3) is 11.1 Å². The van der Waals surface area contributed by atoms with E-state index in [1.807, 2.05) is 25.3 Å². The van der Waals surface area contributed by atoms with Crippen LogP contribution in [0.4, 0.5) is 4.39 Å². The number of hydrogen-bond donors (Lipinski definition) is 0. The van der Waals surface area contributed by atoms with Crippen molar-refractivity contribution in [2.45, 2.75) is 26.9 Å². The first-order valence-electron chi connectivity index (χ1n) is 10.4. The van der Waals surface area contributed by atoms with Gasteiger partial charge in [-0.05, 0) is 66.4 Å². The zero-order valence-electron chi connectivity index (χ0n) is 18.0. The second kappa shape index (κ2) is 8.72. The third kappa shape index (κ3) is 4.22. The molecule has 0 spiro atoms. The van der Waals surface area contributed by atoms with Gasteiger partial charge in [0.1, 0.15) is 11.6 Å². The number of amides is 1. The number of fused-ring (bicyclic) bond motifs is 1. The van der Waals surface area contributed by atoms with Gasteiger partial charge in [0.15, 0.2) is 0 Å². The predicted octanol–water partition coefficient (Wildman–Crippen LogP) is 5.40. The molecule has 0 atom stereocenters. The number of aryl methyl sites for hydroxylation is 1. The van der Waals surface area contributed by atoms with Gasteiger partial charge in [-0.1, -0.05) is 24.3 Å². The molecule has 0 aliphatic carbocycles. The molecule has 4 nitrogen and oxygen atoms in total. The fourth-order valence-corrected chi connectivity index (χ4v) is 3.94. The minimum atomic E-state index is -0.311. The van der Waals surface area contributed by atoms with Gasteiger partial charge in [-0.2, -0.15) is 0 Å². The van der Waals surface area contributed by atoms with Crippen LogP contribution in [0.15, 0.2) is 59.6 Å². The number of hydrogen-bond acceptors (Lipinski definition) is 3. The van der Waals surface area contributed by atoms with Crippen molar-refractivity contribution >= 4 is 12.1 Å². The van der Waals surface area contributed by atoms with E-state index in [2.05, 4.69) is 24.0 Å². The number of benzene rings is 3. The lowest BCUT2D eigenvalue weighted by atomic mass is 9.98. The Morgan fingerprint density at radius 1 is 1.16 bits per heavy atom. The van der Waals surface area contributed by atoms with Crippen molar-refractivity contribution in [2.75, 3.05) is 13.7 Å². The van der Waals surface area contributed by atoms with E-state index < -0.39 is 0 Å². The third-order valence-corrected chi connectivity index (χ3v) is 5.56. The van der Waals surface area contributed by atoms with Gasteiger partial charge in [0.25, 0.3) is 5.91 Å². The van der Waals surface area contributed by atoms with E-state index in [1.54, 1.807) is 30.1 Å². The molecule has 0 saturated heterocycles. The molecule has 0 aromatic heterocycles. The Kier molecular flexibility index (Phi) is 5.85. The van der Waals surface area contributed by atoms with Gasteiger partial charge in [-0.3, -0.25) is 9.79 Å². The van der Waals surface area contributed by atoms with E-state index in [9.17, 15) is 9.18 Å². The zero-order chi connectivity index (χ0) is 22.0. The number of halogens is 1. The van der Waals surface area contributed by atoms with E-state index >= 15 is 0 Å².